The topological polar surface area (TPSA) is 49.2 Å². The van der Waals surface area contributed by atoms with Crippen LogP contribution in [-0.2, 0) is 11.3 Å². The number of carbonyl (C=O) groups excluding carboxylic acids is 1. The molecule has 0 N–H and O–H groups in total. The van der Waals surface area contributed by atoms with E-state index in [1.165, 1.54) is 0 Å². The molecule has 0 bridgehead atoms. The van der Waals surface area contributed by atoms with Crippen molar-refractivity contribution in [3.8, 4) is 5.75 Å². The zero-order valence-corrected chi connectivity index (χ0v) is 14.9. The van der Waals surface area contributed by atoms with Gasteiger partial charge in [0.05, 0.1) is 32.1 Å². The predicted molar refractivity (Wildman–Crippen MR) is 96.8 cm³/mol. The predicted octanol–water partition coefficient (Wildman–Crippen LogP) is 2.07. The molecular weight excluding hydrogens is 318 g/mol. The Balaban J connectivity index is 1.49. The van der Waals surface area contributed by atoms with E-state index in [4.69, 9.17) is 9.15 Å². The van der Waals surface area contributed by atoms with Crippen molar-refractivity contribution in [1.82, 2.24) is 9.80 Å². The van der Waals surface area contributed by atoms with E-state index in [0.29, 0.717) is 13.1 Å². The van der Waals surface area contributed by atoms with Crippen molar-refractivity contribution < 1.29 is 13.9 Å². The number of methoxy groups -OCH3 is 1. The van der Waals surface area contributed by atoms with E-state index in [0.717, 1.165) is 43.4 Å². The lowest BCUT2D eigenvalue weighted by Crippen LogP contribution is -2.49. The Morgan fingerprint density at radius 2 is 1.92 bits per heavy atom. The van der Waals surface area contributed by atoms with Gasteiger partial charge in [-0.3, -0.25) is 9.69 Å². The summed E-state index contributed by atoms with van der Waals surface area (Å²) < 4.78 is 10.7. The fourth-order valence-corrected chi connectivity index (χ4v) is 3.07. The number of likely N-dealkylation sites (N-methyl/N-ethyl adjacent to an activating group) is 1. The second kappa shape index (κ2) is 8.07. The standard InChI is InChI=1S/C19H25N3O3/c1-20(14-16-6-5-13-25-16)19(23)15-21-9-11-22(12-10-21)17-7-3-4-8-18(17)24-2/h3-8,13H,9-12,14-15H2,1-2H3. The van der Waals surface area contributed by atoms with Gasteiger partial charge in [0, 0.05) is 33.2 Å². The van der Waals surface area contributed by atoms with Crippen molar-refractivity contribution in [2.24, 2.45) is 0 Å². The highest BCUT2D eigenvalue weighted by atomic mass is 16.5. The minimum absolute atomic E-state index is 0.113. The van der Waals surface area contributed by atoms with Crippen molar-refractivity contribution in [1.29, 1.82) is 0 Å². The molecule has 6 heteroatoms. The number of ether oxygens (including phenoxy) is 1. The van der Waals surface area contributed by atoms with E-state index in [9.17, 15) is 4.79 Å². The molecule has 0 spiro atoms. The fourth-order valence-electron chi connectivity index (χ4n) is 3.07. The number of anilines is 1. The van der Waals surface area contributed by atoms with E-state index in [-0.39, 0.29) is 5.91 Å². The van der Waals surface area contributed by atoms with Crippen LogP contribution in [0.25, 0.3) is 0 Å². The van der Waals surface area contributed by atoms with Gasteiger partial charge in [0.1, 0.15) is 11.5 Å². The van der Waals surface area contributed by atoms with Gasteiger partial charge < -0.3 is 19.0 Å². The van der Waals surface area contributed by atoms with Gasteiger partial charge in [-0.25, -0.2) is 0 Å². The molecule has 1 aromatic heterocycles. The number of hydrogen-bond acceptors (Lipinski definition) is 5. The highest BCUT2D eigenvalue weighted by Crippen LogP contribution is 2.28. The SMILES string of the molecule is COc1ccccc1N1CCN(CC(=O)N(C)Cc2ccco2)CC1. The number of hydrogen-bond donors (Lipinski definition) is 0. The number of amides is 1. The normalized spacial score (nSPS) is 15.2. The van der Waals surface area contributed by atoms with Crippen molar-refractivity contribution in [2.75, 3.05) is 51.8 Å². The number of rotatable bonds is 6. The lowest BCUT2D eigenvalue weighted by atomic mass is 10.2. The first-order valence-corrected chi connectivity index (χ1v) is 8.54. The molecule has 134 valence electrons. The summed E-state index contributed by atoms with van der Waals surface area (Å²) in [6.45, 7) is 4.44. The van der Waals surface area contributed by atoms with Crippen LogP contribution in [0.3, 0.4) is 0 Å². The smallest absolute Gasteiger partial charge is 0.236 e. The largest absolute Gasteiger partial charge is 0.495 e. The molecule has 1 amide bonds. The average molecular weight is 343 g/mol. The number of nitrogens with zero attached hydrogens (tertiary/aromatic N) is 3. The number of furan rings is 1. The molecule has 1 aliphatic heterocycles. The summed E-state index contributed by atoms with van der Waals surface area (Å²) >= 11 is 0. The quantitative estimate of drug-likeness (QED) is 0.804. The van der Waals surface area contributed by atoms with E-state index >= 15 is 0 Å². The fraction of sp³-hybridized carbons (Fsp3) is 0.421. The molecule has 0 unspecified atom stereocenters. The molecule has 6 nitrogen and oxygen atoms in total. The summed E-state index contributed by atoms with van der Waals surface area (Å²) in [4.78, 5) is 18.6. The van der Waals surface area contributed by atoms with Crippen LogP contribution in [0.15, 0.2) is 47.1 Å². The summed E-state index contributed by atoms with van der Waals surface area (Å²) in [5, 5.41) is 0. The molecule has 2 aromatic rings. The molecular formula is C19H25N3O3. The summed E-state index contributed by atoms with van der Waals surface area (Å²) in [5.74, 6) is 1.81. The van der Waals surface area contributed by atoms with Gasteiger partial charge >= 0.3 is 0 Å². The Morgan fingerprint density at radius 1 is 1.16 bits per heavy atom. The van der Waals surface area contributed by atoms with Crippen LogP contribution in [0, 0.1) is 0 Å². The maximum Gasteiger partial charge on any atom is 0.236 e. The third-order valence-corrected chi connectivity index (χ3v) is 4.56. The number of piperazine rings is 1. The monoisotopic (exact) mass is 343 g/mol. The van der Waals surface area contributed by atoms with Gasteiger partial charge in [0.15, 0.2) is 0 Å². The van der Waals surface area contributed by atoms with Gasteiger partial charge in [0.25, 0.3) is 0 Å². The van der Waals surface area contributed by atoms with Crippen LogP contribution in [0.4, 0.5) is 5.69 Å². The van der Waals surface area contributed by atoms with Crippen molar-refractivity contribution in [3.63, 3.8) is 0 Å². The van der Waals surface area contributed by atoms with E-state index in [1.807, 2.05) is 37.4 Å². The van der Waals surface area contributed by atoms with Crippen molar-refractivity contribution in [3.05, 3.63) is 48.4 Å². The van der Waals surface area contributed by atoms with Crippen LogP contribution in [0.2, 0.25) is 0 Å². The van der Waals surface area contributed by atoms with Gasteiger partial charge in [-0.05, 0) is 24.3 Å². The Labute approximate surface area is 148 Å². The highest BCUT2D eigenvalue weighted by molar-refractivity contribution is 5.78. The first-order chi connectivity index (χ1) is 12.2. The van der Waals surface area contributed by atoms with Gasteiger partial charge in [-0.1, -0.05) is 12.1 Å². The van der Waals surface area contributed by atoms with Crippen molar-refractivity contribution >= 4 is 11.6 Å². The lowest BCUT2D eigenvalue weighted by molar-refractivity contribution is -0.131. The van der Waals surface area contributed by atoms with Crippen LogP contribution < -0.4 is 9.64 Å². The Morgan fingerprint density at radius 3 is 2.60 bits per heavy atom. The number of para-hydroxylation sites is 2. The zero-order chi connectivity index (χ0) is 17.6. The molecule has 1 aliphatic rings. The first kappa shape index (κ1) is 17.4. The second-order valence-electron chi connectivity index (χ2n) is 6.26. The molecule has 0 saturated carbocycles. The third-order valence-electron chi connectivity index (χ3n) is 4.56. The molecule has 1 aromatic carbocycles. The molecule has 1 saturated heterocycles. The van der Waals surface area contributed by atoms with Gasteiger partial charge in [-0.2, -0.15) is 0 Å². The Hall–Kier alpha value is -2.47. The lowest BCUT2D eigenvalue weighted by Gasteiger charge is -2.36. The summed E-state index contributed by atoms with van der Waals surface area (Å²) in [5.41, 5.74) is 1.12. The average Bonchev–Trinajstić information content (AvgIpc) is 3.15. The second-order valence-corrected chi connectivity index (χ2v) is 6.26. The molecule has 1 fully saturated rings. The maximum absolute atomic E-state index is 12.4. The van der Waals surface area contributed by atoms with E-state index in [2.05, 4.69) is 15.9 Å². The summed E-state index contributed by atoms with van der Waals surface area (Å²) in [7, 11) is 3.51. The molecule has 0 atom stereocenters. The van der Waals surface area contributed by atoms with Gasteiger partial charge in [0.2, 0.25) is 5.91 Å². The van der Waals surface area contributed by atoms with Crippen LogP contribution in [0.5, 0.6) is 5.75 Å². The molecule has 0 aliphatic carbocycles. The molecule has 3 rings (SSSR count). The molecule has 0 radical (unpaired) electrons. The van der Waals surface area contributed by atoms with Crippen LogP contribution in [0.1, 0.15) is 5.76 Å². The van der Waals surface area contributed by atoms with E-state index < -0.39 is 0 Å². The Kier molecular flexibility index (Phi) is 5.60. The number of benzene rings is 1. The third kappa shape index (κ3) is 4.33. The first-order valence-electron chi connectivity index (χ1n) is 8.54. The van der Waals surface area contributed by atoms with Crippen molar-refractivity contribution in [2.45, 2.75) is 6.54 Å². The highest BCUT2D eigenvalue weighted by Gasteiger charge is 2.22. The molecule has 25 heavy (non-hydrogen) atoms. The Bertz CT molecular complexity index is 679. The van der Waals surface area contributed by atoms with Gasteiger partial charge in [-0.15, -0.1) is 0 Å². The minimum Gasteiger partial charge on any atom is -0.495 e. The number of carbonyl (C=O) groups is 1. The van der Waals surface area contributed by atoms with Crippen LogP contribution >= 0.6 is 0 Å². The zero-order valence-electron chi connectivity index (χ0n) is 14.9. The van der Waals surface area contributed by atoms with Crippen LogP contribution in [-0.4, -0.2) is 62.6 Å². The summed E-state index contributed by atoms with van der Waals surface area (Å²) in [6.07, 6.45) is 1.63. The molecule has 2 heterocycles. The maximum atomic E-state index is 12.4. The van der Waals surface area contributed by atoms with E-state index in [1.54, 1.807) is 18.3 Å². The minimum atomic E-state index is 0.113. The summed E-state index contributed by atoms with van der Waals surface area (Å²) in [6, 6.07) is 11.8.